The van der Waals surface area contributed by atoms with Crippen molar-refractivity contribution >= 4 is 69.7 Å². The number of carbonyl (C=O) groups is 2. The zero-order valence-electron chi connectivity index (χ0n) is 15.6. The molecule has 0 aliphatic carbocycles. The highest BCUT2D eigenvalue weighted by molar-refractivity contribution is 6.54. The number of rotatable bonds is 4. The van der Waals surface area contributed by atoms with Crippen LogP contribution >= 0.6 is 46.4 Å². The van der Waals surface area contributed by atoms with Crippen molar-refractivity contribution in [3.05, 3.63) is 97.4 Å². The van der Waals surface area contributed by atoms with E-state index in [1.165, 1.54) is 17.0 Å². The van der Waals surface area contributed by atoms with E-state index >= 15 is 0 Å². The van der Waals surface area contributed by atoms with E-state index in [0.29, 0.717) is 26.9 Å². The summed E-state index contributed by atoms with van der Waals surface area (Å²) in [7, 11) is 0. The molecule has 3 aromatic rings. The van der Waals surface area contributed by atoms with Gasteiger partial charge in [-0.3, -0.25) is 4.79 Å². The van der Waals surface area contributed by atoms with E-state index in [1.807, 2.05) is 0 Å². The van der Waals surface area contributed by atoms with Gasteiger partial charge in [0.25, 0.3) is 5.91 Å². The summed E-state index contributed by atoms with van der Waals surface area (Å²) in [4.78, 5) is 32.1. The van der Waals surface area contributed by atoms with Crippen LogP contribution in [-0.2, 0) is 16.2 Å². The van der Waals surface area contributed by atoms with E-state index in [-0.39, 0.29) is 27.9 Å². The molecule has 0 fully saturated rings. The summed E-state index contributed by atoms with van der Waals surface area (Å²) in [6.07, 6.45) is 0. The molecule has 0 radical (unpaired) electrons. The average Bonchev–Trinajstić information content (AvgIpc) is 2.99. The molecule has 0 N–H and O–H groups in total. The summed E-state index contributed by atoms with van der Waals surface area (Å²) in [6.45, 7) is 0.190. The van der Waals surface area contributed by atoms with Crippen molar-refractivity contribution in [2.24, 2.45) is 5.16 Å². The third kappa shape index (κ3) is 4.27. The van der Waals surface area contributed by atoms with Gasteiger partial charge < -0.3 is 9.74 Å². The zero-order valence-corrected chi connectivity index (χ0v) is 18.6. The zero-order chi connectivity index (χ0) is 22.1. The van der Waals surface area contributed by atoms with Gasteiger partial charge in [-0.2, -0.15) is 0 Å². The number of hydrogen-bond acceptors (Lipinski definition) is 4. The fourth-order valence-corrected chi connectivity index (χ4v) is 4.17. The van der Waals surface area contributed by atoms with Gasteiger partial charge in [-0.1, -0.05) is 81.9 Å². The first-order chi connectivity index (χ1) is 14.9. The topological polar surface area (TPSA) is 59.0 Å². The number of anilines is 1. The van der Waals surface area contributed by atoms with Crippen molar-refractivity contribution in [3.8, 4) is 0 Å². The van der Waals surface area contributed by atoms with Crippen LogP contribution in [-0.4, -0.2) is 17.6 Å². The van der Waals surface area contributed by atoms with Crippen molar-refractivity contribution in [2.75, 3.05) is 4.90 Å². The van der Waals surface area contributed by atoms with Crippen LogP contribution in [0.3, 0.4) is 0 Å². The molecule has 1 amide bonds. The molecule has 156 valence electrons. The van der Waals surface area contributed by atoms with E-state index < -0.39 is 11.9 Å². The van der Waals surface area contributed by atoms with Crippen LogP contribution in [0.4, 0.5) is 5.69 Å². The number of carbonyl (C=O) groups excluding carboxylic acids is 2. The van der Waals surface area contributed by atoms with Crippen LogP contribution in [0, 0.1) is 0 Å². The Morgan fingerprint density at radius 3 is 2.32 bits per heavy atom. The largest absolute Gasteiger partial charge is 0.368 e. The number of amides is 1. The van der Waals surface area contributed by atoms with Gasteiger partial charge in [0.1, 0.15) is 0 Å². The fourth-order valence-electron chi connectivity index (χ4n) is 3.15. The lowest BCUT2D eigenvalue weighted by Gasteiger charge is -2.17. The number of oxime groups is 1. The van der Waals surface area contributed by atoms with Crippen LogP contribution in [0.1, 0.15) is 21.5 Å². The smallest absolute Gasteiger partial charge is 0.312 e. The van der Waals surface area contributed by atoms with Crippen LogP contribution in [0.5, 0.6) is 0 Å². The minimum atomic E-state index is -0.868. The summed E-state index contributed by atoms with van der Waals surface area (Å²) in [5, 5.41) is 5.01. The molecular weight excluding hydrogens is 482 g/mol. The van der Waals surface area contributed by atoms with Gasteiger partial charge >= 0.3 is 5.97 Å². The number of benzene rings is 3. The van der Waals surface area contributed by atoms with E-state index in [1.54, 1.807) is 48.5 Å². The maximum Gasteiger partial charge on any atom is 0.368 e. The van der Waals surface area contributed by atoms with Gasteiger partial charge in [-0.05, 0) is 35.9 Å². The number of fused-ring (bicyclic) bond motifs is 1. The highest BCUT2D eigenvalue weighted by Gasteiger charge is 2.35. The Morgan fingerprint density at radius 1 is 0.903 bits per heavy atom. The lowest BCUT2D eigenvalue weighted by molar-refractivity contribution is -0.112. The Morgan fingerprint density at radius 2 is 1.61 bits per heavy atom. The number of hydrogen-bond donors (Lipinski definition) is 0. The lowest BCUT2D eigenvalue weighted by Crippen LogP contribution is -2.30. The number of nitrogens with zero attached hydrogens (tertiary/aromatic N) is 2. The van der Waals surface area contributed by atoms with E-state index in [9.17, 15) is 9.59 Å². The van der Waals surface area contributed by atoms with Crippen molar-refractivity contribution in [2.45, 2.75) is 6.54 Å². The summed E-state index contributed by atoms with van der Waals surface area (Å²) in [5.41, 5.74) is 1.80. The molecule has 4 rings (SSSR count). The van der Waals surface area contributed by atoms with Gasteiger partial charge in [0.15, 0.2) is 5.71 Å². The van der Waals surface area contributed by atoms with Gasteiger partial charge in [0, 0.05) is 15.6 Å². The molecule has 0 saturated carbocycles. The van der Waals surface area contributed by atoms with Crippen molar-refractivity contribution < 1.29 is 14.4 Å². The normalized spacial score (nSPS) is 14.1. The van der Waals surface area contributed by atoms with Crippen LogP contribution in [0.15, 0.2) is 65.8 Å². The Kier molecular flexibility index (Phi) is 6.21. The quantitative estimate of drug-likeness (QED) is 0.311. The van der Waals surface area contributed by atoms with Gasteiger partial charge in [-0.25, -0.2) is 4.79 Å². The molecule has 9 heteroatoms. The maximum absolute atomic E-state index is 13.1. The molecule has 31 heavy (non-hydrogen) atoms. The summed E-state index contributed by atoms with van der Waals surface area (Å²) >= 11 is 24.3. The van der Waals surface area contributed by atoms with Gasteiger partial charge in [0.2, 0.25) is 0 Å². The molecule has 1 aliphatic rings. The second-order valence-corrected chi connectivity index (χ2v) is 8.22. The molecule has 0 saturated heterocycles. The van der Waals surface area contributed by atoms with Gasteiger partial charge in [-0.15, -0.1) is 0 Å². The highest BCUT2D eigenvalue weighted by Crippen LogP contribution is 2.33. The Balaban J connectivity index is 1.65. The monoisotopic (exact) mass is 492 g/mol. The second-order valence-electron chi connectivity index (χ2n) is 6.56. The molecule has 1 aliphatic heterocycles. The number of halogens is 4. The van der Waals surface area contributed by atoms with Crippen molar-refractivity contribution in [3.63, 3.8) is 0 Å². The first kappa shape index (κ1) is 21.7. The predicted octanol–water partition coefficient (Wildman–Crippen LogP) is 6.41. The van der Waals surface area contributed by atoms with E-state index in [4.69, 9.17) is 51.2 Å². The van der Waals surface area contributed by atoms with E-state index in [0.717, 1.165) is 0 Å². The summed E-state index contributed by atoms with van der Waals surface area (Å²) in [5.74, 6) is -1.31. The molecule has 0 spiro atoms. The molecule has 0 atom stereocenters. The first-order valence-corrected chi connectivity index (χ1v) is 10.5. The lowest BCUT2D eigenvalue weighted by atomic mass is 10.1. The Bertz CT molecular complexity index is 1220. The molecule has 3 aromatic carbocycles. The predicted molar refractivity (Wildman–Crippen MR) is 123 cm³/mol. The summed E-state index contributed by atoms with van der Waals surface area (Å²) in [6, 6.07) is 16.7. The molecule has 0 unspecified atom stereocenters. The maximum atomic E-state index is 13.1. The molecular formula is C22H12Cl4N2O3. The highest BCUT2D eigenvalue weighted by atomic mass is 35.5. The molecule has 0 aromatic heterocycles. The minimum Gasteiger partial charge on any atom is -0.312 e. The fraction of sp³-hybridized carbons (Fsp3) is 0.0455. The van der Waals surface area contributed by atoms with Crippen LogP contribution in [0.25, 0.3) is 0 Å². The summed E-state index contributed by atoms with van der Waals surface area (Å²) < 4.78 is 0. The third-order valence-electron chi connectivity index (χ3n) is 4.63. The van der Waals surface area contributed by atoms with Crippen LogP contribution in [0.2, 0.25) is 20.1 Å². The third-order valence-corrected chi connectivity index (χ3v) is 5.84. The molecule has 5 nitrogen and oxygen atoms in total. The van der Waals surface area contributed by atoms with Crippen molar-refractivity contribution in [1.29, 1.82) is 0 Å². The first-order valence-electron chi connectivity index (χ1n) is 8.95. The van der Waals surface area contributed by atoms with Gasteiger partial charge in [0.05, 0.1) is 27.8 Å². The SMILES string of the molecule is O=C(O/N=C1/C(=O)N(Cc2ccc(Cl)cc2Cl)c2ccccc21)c1c(Cl)cccc1Cl. The Hall–Kier alpha value is -2.57. The molecule has 1 heterocycles. The Labute approximate surface area is 197 Å². The van der Waals surface area contributed by atoms with E-state index in [2.05, 4.69) is 5.16 Å². The van der Waals surface area contributed by atoms with Crippen molar-refractivity contribution in [1.82, 2.24) is 0 Å². The number of para-hydroxylation sites is 1. The second kappa shape index (κ2) is 8.89. The van der Waals surface area contributed by atoms with Crippen LogP contribution < -0.4 is 4.90 Å². The minimum absolute atomic E-state index is 0.0165. The standard InChI is InChI=1S/C22H12Cl4N2O3/c23-13-9-8-12(17(26)10-13)11-28-18-7-2-1-4-14(18)20(21(28)29)27-31-22(30)19-15(24)5-3-6-16(19)25/h1-10H,11H2/b27-20+. The molecule has 0 bridgehead atoms. The average molecular weight is 494 g/mol.